The molecule has 4 rings (SSSR count). The van der Waals surface area contributed by atoms with Gasteiger partial charge in [0.25, 0.3) is 5.56 Å². The number of benzene rings is 1. The van der Waals surface area contributed by atoms with Crippen molar-refractivity contribution in [1.82, 2.24) is 14.3 Å². The maximum absolute atomic E-state index is 12.9. The lowest BCUT2D eigenvalue weighted by atomic mass is 9.88. The Bertz CT molecular complexity index is 1040. The van der Waals surface area contributed by atoms with Crippen LogP contribution in [-0.2, 0) is 13.0 Å². The zero-order valence-corrected chi connectivity index (χ0v) is 17.8. The van der Waals surface area contributed by atoms with Crippen LogP contribution in [0, 0.1) is 11.8 Å². The van der Waals surface area contributed by atoms with Gasteiger partial charge in [0.15, 0.2) is 10.7 Å². The maximum Gasteiger partial charge on any atom is 0.258 e. The predicted molar refractivity (Wildman–Crippen MR) is 117 cm³/mol. The molecule has 1 aromatic carbocycles. The van der Waals surface area contributed by atoms with Gasteiger partial charge in [0.2, 0.25) is 0 Å². The molecule has 0 unspecified atom stereocenters. The normalized spacial score (nSPS) is 16.0. The molecule has 0 bridgehead atoms. The molecule has 3 aromatic rings. The van der Waals surface area contributed by atoms with Crippen LogP contribution >= 0.6 is 11.3 Å². The van der Waals surface area contributed by atoms with E-state index in [4.69, 9.17) is 0 Å². The number of ketones is 1. The minimum atomic E-state index is -0.0303. The number of Topliss-reactive ketones (excluding diaryl/α,β-unsaturated/α-hetero) is 1. The summed E-state index contributed by atoms with van der Waals surface area (Å²) in [5.74, 6) is 0.963. The van der Waals surface area contributed by atoms with Crippen molar-refractivity contribution in [2.75, 3.05) is 13.1 Å². The van der Waals surface area contributed by atoms with E-state index in [9.17, 15) is 9.59 Å². The first-order chi connectivity index (χ1) is 14.0. The molecule has 0 amide bonds. The van der Waals surface area contributed by atoms with Crippen molar-refractivity contribution in [3.05, 3.63) is 69.1 Å². The van der Waals surface area contributed by atoms with Crippen molar-refractivity contribution in [1.29, 1.82) is 0 Å². The summed E-state index contributed by atoms with van der Waals surface area (Å²) in [4.78, 5) is 32.7. The zero-order valence-electron chi connectivity index (χ0n) is 17.0. The van der Waals surface area contributed by atoms with E-state index >= 15 is 0 Å². The average molecular weight is 410 g/mol. The van der Waals surface area contributed by atoms with Crippen LogP contribution in [0.3, 0.4) is 0 Å². The molecular weight excluding hydrogens is 382 g/mol. The average Bonchev–Trinajstić information content (AvgIpc) is 3.17. The minimum absolute atomic E-state index is 0.0303. The van der Waals surface area contributed by atoms with Gasteiger partial charge >= 0.3 is 0 Å². The molecule has 6 heteroatoms. The van der Waals surface area contributed by atoms with E-state index in [0.717, 1.165) is 48.6 Å². The minimum Gasteiger partial charge on any atom is -0.297 e. The van der Waals surface area contributed by atoms with Crippen LogP contribution in [0.1, 0.15) is 48.3 Å². The first-order valence-electron chi connectivity index (χ1n) is 10.3. The summed E-state index contributed by atoms with van der Waals surface area (Å²) in [5.41, 5.74) is 2.89. The molecule has 2 aromatic heterocycles. The highest BCUT2D eigenvalue weighted by Crippen LogP contribution is 2.23. The van der Waals surface area contributed by atoms with Crippen LogP contribution in [-0.4, -0.2) is 33.2 Å². The highest BCUT2D eigenvalue weighted by atomic mass is 32.1. The van der Waals surface area contributed by atoms with Crippen LogP contribution in [0.15, 0.2) is 46.7 Å². The van der Waals surface area contributed by atoms with Crippen LogP contribution in [0.5, 0.6) is 0 Å². The molecule has 0 saturated carbocycles. The molecule has 1 aliphatic rings. The van der Waals surface area contributed by atoms with Crippen molar-refractivity contribution in [3.63, 3.8) is 0 Å². The summed E-state index contributed by atoms with van der Waals surface area (Å²) >= 11 is 1.47. The van der Waals surface area contributed by atoms with Crippen molar-refractivity contribution in [2.45, 2.75) is 39.7 Å². The Balaban J connectivity index is 1.34. The molecule has 0 spiro atoms. The van der Waals surface area contributed by atoms with Crippen LogP contribution in [0.25, 0.3) is 4.96 Å². The first kappa shape index (κ1) is 20.0. The molecule has 29 heavy (non-hydrogen) atoms. The number of carbonyl (C=O) groups is 1. The van der Waals surface area contributed by atoms with Crippen LogP contribution < -0.4 is 5.56 Å². The SMILES string of the molecule is CC(C)Cc1ccc(C(=O)C2CCN(Cc3cc(=O)n4ccsc4n3)CC2)cc1. The summed E-state index contributed by atoms with van der Waals surface area (Å²) in [6, 6.07) is 9.77. The van der Waals surface area contributed by atoms with Gasteiger partial charge in [-0.15, -0.1) is 11.3 Å². The molecule has 0 N–H and O–H groups in total. The number of thiazole rings is 1. The van der Waals surface area contributed by atoms with Gasteiger partial charge in [-0.2, -0.15) is 0 Å². The van der Waals surface area contributed by atoms with Crippen molar-refractivity contribution in [3.8, 4) is 0 Å². The highest BCUT2D eigenvalue weighted by Gasteiger charge is 2.26. The number of piperidine rings is 1. The molecule has 1 aliphatic heterocycles. The quantitative estimate of drug-likeness (QED) is 0.577. The second kappa shape index (κ2) is 8.59. The molecule has 152 valence electrons. The lowest BCUT2D eigenvalue weighted by molar-refractivity contribution is 0.0834. The first-order valence-corrected chi connectivity index (χ1v) is 11.2. The Morgan fingerprint density at radius 3 is 2.62 bits per heavy atom. The molecule has 0 atom stereocenters. The van der Waals surface area contributed by atoms with Gasteiger partial charge < -0.3 is 0 Å². The fourth-order valence-corrected chi connectivity index (χ4v) is 4.80. The molecule has 1 fully saturated rings. The van der Waals surface area contributed by atoms with E-state index in [1.807, 2.05) is 17.5 Å². The van der Waals surface area contributed by atoms with E-state index in [-0.39, 0.29) is 17.3 Å². The third kappa shape index (κ3) is 4.65. The van der Waals surface area contributed by atoms with E-state index in [1.165, 1.54) is 16.9 Å². The second-order valence-corrected chi connectivity index (χ2v) is 9.22. The van der Waals surface area contributed by atoms with Gasteiger partial charge in [-0.1, -0.05) is 38.1 Å². The molecular formula is C23H27N3O2S. The number of rotatable bonds is 6. The predicted octanol–water partition coefficient (Wildman–Crippen LogP) is 4.05. The Morgan fingerprint density at radius 1 is 1.21 bits per heavy atom. The van der Waals surface area contributed by atoms with E-state index < -0.39 is 0 Å². The van der Waals surface area contributed by atoms with Crippen molar-refractivity contribution in [2.24, 2.45) is 11.8 Å². The smallest absolute Gasteiger partial charge is 0.258 e. The summed E-state index contributed by atoms with van der Waals surface area (Å²) < 4.78 is 1.57. The largest absolute Gasteiger partial charge is 0.297 e. The van der Waals surface area contributed by atoms with E-state index in [1.54, 1.807) is 16.7 Å². The molecule has 0 aliphatic carbocycles. The third-order valence-electron chi connectivity index (χ3n) is 5.58. The van der Waals surface area contributed by atoms with Gasteiger partial charge in [0.1, 0.15) is 0 Å². The van der Waals surface area contributed by atoms with Crippen molar-refractivity contribution >= 4 is 22.1 Å². The van der Waals surface area contributed by atoms with Crippen molar-refractivity contribution < 1.29 is 4.79 Å². The number of hydrogen-bond acceptors (Lipinski definition) is 5. The number of aromatic nitrogens is 2. The van der Waals surface area contributed by atoms with E-state index in [0.29, 0.717) is 12.5 Å². The fourth-order valence-electron chi connectivity index (χ4n) is 4.06. The maximum atomic E-state index is 12.9. The number of likely N-dealkylation sites (tertiary alicyclic amines) is 1. The molecule has 3 heterocycles. The van der Waals surface area contributed by atoms with Gasteiger partial charge in [-0.3, -0.25) is 18.9 Å². The van der Waals surface area contributed by atoms with Gasteiger partial charge in [0.05, 0.1) is 5.69 Å². The summed E-state index contributed by atoms with van der Waals surface area (Å²) in [5, 5.41) is 1.87. The highest BCUT2D eigenvalue weighted by molar-refractivity contribution is 7.15. The fraction of sp³-hybridized carbons (Fsp3) is 0.435. The lowest BCUT2D eigenvalue weighted by Crippen LogP contribution is -2.36. The number of nitrogens with zero attached hydrogens (tertiary/aromatic N) is 3. The number of fused-ring (bicyclic) bond motifs is 1. The van der Waals surface area contributed by atoms with Crippen LogP contribution in [0.2, 0.25) is 0 Å². The number of carbonyl (C=O) groups excluding carboxylic acids is 1. The third-order valence-corrected chi connectivity index (χ3v) is 6.34. The summed E-state index contributed by atoms with van der Waals surface area (Å²) in [6.45, 7) is 6.78. The standard InChI is InChI=1S/C23H27N3O2S/c1-16(2)13-17-3-5-18(6-4-17)22(28)19-7-9-25(10-8-19)15-20-14-21(27)26-11-12-29-23(26)24-20/h3-6,11-12,14,16,19H,7-10,13,15H2,1-2H3. The van der Waals surface area contributed by atoms with Gasteiger partial charge in [0, 0.05) is 35.7 Å². The summed E-state index contributed by atoms with van der Waals surface area (Å²) in [7, 11) is 0. The summed E-state index contributed by atoms with van der Waals surface area (Å²) in [6.07, 6.45) is 4.51. The molecule has 5 nitrogen and oxygen atoms in total. The van der Waals surface area contributed by atoms with E-state index in [2.05, 4.69) is 35.9 Å². The Hall–Kier alpha value is -2.31. The lowest BCUT2D eigenvalue weighted by Gasteiger charge is -2.31. The zero-order chi connectivity index (χ0) is 20.4. The molecule has 1 saturated heterocycles. The monoisotopic (exact) mass is 409 g/mol. The Morgan fingerprint density at radius 2 is 1.93 bits per heavy atom. The van der Waals surface area contributed by atoms with Crippen LogP contribution in [0.4, 0.5) is 0 Å². The number of hydrogen-bond donors (Lipinski definition) is 0. The Labute approximate surface area is 175 Å². The van der Waals surface area contributed by atoms with Gasteiger partial charge in [-0.25, -0.2) is 4.98 Å². The van der Waals surface area contributed by atoms with Gasteiger partial charge in [-0.05, 0) is 43.8 Å². The topological polar surface area (TPSA) is 54.7 Å². The molecule has 0 radical (unpaired) electrons. The second-order valence-electron chi connectivity index (χ2n) is 8.35. The Kier molecular flexibility index (Phi) is 5.92.